The highest BCUT2D eigenvalue weighted by molar-refractivity contribution is 5.59. The van der Waals surface area contributed by atoms with Crippen LogP contribution in [-0.2, 0) is 12.0 Å². The molecule has 1 fully saturated rings. The Kier molecular flexibility index (Phi) is 4.34. The second kappa shape index (κ2) is 6.64. The molecule has 1 atom stereocenters. The standard InChI is InChI=1S/C22H26N2O/c1-17-16-23-19(14-21(17)24-12-5-2-6-13-24)15-22(25)11-7-9-18-8-3-4-10-20(18)22/h3-4,7-10,14,16,25H,2,5-6,11-13,15H2,1H3. The van der Waals surface area contributed by atoms with Crippen molar-refractivity contribution in [3.05, 3.63) is 65.0 Å². The minimum atomic E-state index is -0.868. The van der Waals surface area contributed by atoms with Gasteiger partial charge in [0.15, 0.2) is 0 Å². The van der Waals surface area contributed by atoms with Gasteiger partial charge in [-0.25, -0.2) is 0 Å². The number of aryl methyl sites for hydroxylation is 1. The van der Waals surface area contributed by atoms with Crippen LogP contribution in [0.4, 0.5) is 5.69 Å². The van der Waals surface area contributed by atoms with Crippen LogP contribution < -0.4 is 4.90 Å². The smallest absolute Gasteiger partial charge is 0.0991 e. The molecule has 2 aliphatic rings. The van der Waals surface area contributed by atoms with Crippen molar-refractivity contribution in [2.75, 3.05) is 18.0 Å². The molecule has 2 aromatic rings. The SMILES string of the molecule is Cc1cnc(CC2(O)CC=Cc3ccccc32)cc1N1CCCCC1. The Morgan fingerprint density at radius 3 is 2.80 bits per heavy atom. The van der Waals surface area contributed by atoms with Crippen molar-refractivity contribution in [2.45, 2.75) is 44.6 Å². The molecule has 0 saturated carbocycles. The number of pyridine rings is 1. The van der Waals surface area contributed by atoms with Gasteiger partial charge in [-0.1, -0.05) is 36.4 Å². The summed E-state index contributed by atoms with van der Waals surface area (Å²) in [6, 6.07) is 10.3. The zero-order valence-electron chi connectivity index (χ0n) is 14.9. The summed E-state index contributed by atoms with van der Waals surface area (Å²) >= 11 is 0. The van der Waals surface area contributed by atoms with Gasteiger partial charge in [-0.05, 0) is 55.4 Å². The lowest BCUT2D eigenvalue weighted by Gasteiger charge is -2.33. The molecule has 1 saturated heterocycles. The van der Waals surface area contributed by atoms with Gasteiger partial charge in [-0.3, -0.25) is 4.98 Å². The minimum absolute atomic E-state index is 0.551. The Morgan fingerprint density at radius 1 is 1.16 bits per heavy atom. The Morgan fingerprint density at radius 2 is 1.96 bits per heavy atom. The lowest BCUT2D eigenvalue weighted by molar-refractivity contribution is 0.0377. The molecule has 1 aromatic carbocycles. The molecule has 0 spiro atoms. The van der Waals surface area contributed by atoms with Gasteiger partial charge in [0.05, 0.1) is 5.60 Å². The fourth-order valence-electron chi connectivity index (χ4n) is 4.15. The molecule has 0 radical (unpaired) electrons. The van der Waals surface area contributed by atoms with E-state index >= 15 is 0 Å². The van der Waals surface area contributed by atoms with Crippen molar-refractivity contribution in [1.82, 2.24) is 4.98 Å². The van der Waals surface area contributed by atoms with Crippen LogP contribution in [0.1, 0.15) is 48.1 Å². The average molecular weight is 334 g/mol. The molecular weight excluding hydrogens is 308 g/mol. The summed E-state index contributed by atoms with van der Waals surface area (Å²) < 4.78 is 0. The third kappa shape index (κ3) is 3.21. The third-order valence-corrected chi connectivity index (χ3v) is 5.52. The highest BCUT2D eigenvalue weighted by Gasteiger charge is 2.33. The Hall–Kier alpha value is -2.13. The lowest BCUT2D eigenvalue weighted by Crippen LogP contribution is -2.32. The van der Waals surface area contributed by atoms with Gasteiger partial charge in [-0.15, -0.1) is 0 Å². The maximum Gasteiger partial charge on any atom is 0.0991 e. The van der Waals surface area contributed by atoms with E-state index in [2.05, 4.69) is 41.1 Å². The number of nitrogens with zero attached hydrogens (tertiary/aromatic N) is 2. The molecular formula is C22H26N2O. The molecule has 0 bridgehead atoms. The second-order valence-corrected chi connectivity index (χ2v) is 7.41. The maximum absolute atomic E-state index is 11.3. The van der Waals surface area contributed by atoms with Gasteiger partial charge >= 0.3 is 0 Å². The monoisotopic (exact) mass is 334 g/mol. The summed E-state index contributed by atoms with van der Waals surface area (Å²) in [4.78, 5) is 7.11. The molecule has 1 N–H and O–H groups in total. The van der Waals surface area contributed by atoms with Gasteiger partial charge in [0.25, 0.3) is 0 Å². The maximum atomic E-state index is 11.3. The van der Waals surface area contributed by atoms with Crippen LogP contribution >= 0.6 is 0 Å². The average Bonchev–Trinajstić information content (AvgIpc) is 2.64. The van der Waals surface area contributed by atoms with Crippen LogP contribution in [0.25, 0.3) is 6.08 Å². The molecule has 1 aliphatic carbocycles. The summed E-state index contributed by atoms with van der Waals surface area (Å²) in [5, 5.41) is 11.3. The van der Waals surface area contributed by atoms with Gasteiger partial charge in [-0.2, -0.15) is 0 Å². The molecule has 3 heteroatoms. The van der Waals surface area contributed by atoms with E-state index < -0.39 is 5.60 Å². The summed E-state index contributed by atoms with van der Waals surface area (Å²) in [5.41, 5.74) is 4.74. The quantitative estimate of drug-likeness (QED) is 0.912. The largest absolute Gasteiger partial charge is 0.384 e. The summed E-state index contributed by atoms with van der Waals surface area (Å²) in [6.45, 7) is 4.38. The number of anilines is 1. The number of aromatic nitrogens is 1. The van der Waals surface area contributed by atoms with E-state index in [4.69, 9.17) is 0 Å². The molecule has 1 unspecified atom stereocenters. The topological polar surface area (TPSA) is 36.4 Å². The second-order valence-electron chi connectivity index (χ2n) is 7.41. The highest BCUT2D eigenvalue weighted by atomic mass is 16.3. The van der Waals surface area contributed by atoms with Gasteiger partial charge in [0, 0.05) is 37.1 Å². The normalized spacial score (nSPS) is 22.7. The fourth-order valence-corrected chi connectivity index (χ4v) is 4.15. The van der Waals surface area contributed by atoms with Crippen LogP contribution in [0.15, 0.2) is 42.6 Å². The fraction of sp³-hybridized carbons (Fsp3) is 0.409. The summed E-state index contributed by atoms with van der Waals surface area (Å²) in [5.74, 6) is 0. The number of benzene rings is 1. The number of hydrogen-bond donors (Lipinski definition) is 1. The van der Waals surface area contributed by atoms with Crippen LogP contribution in [0, 0.1) is 6.92 Å². The third-order valence-electron chi connectivity index (χ3n) is 5.52. The van der Waals surface area contributed by atoms with E-state index in [-0.39, 0.29) is 0 Å². The molecule has 2 heterocycles. The molecule has 25 heavy (non-hydrogen) atoms. The molecule has 0 amide bonds. The minimum Gasteiger partial charge on any atom is -0.384 e. The van der Waals surface area contributed by atoms with Crippen LogP contribution in [0.5, 0.6) is 0 Å². The Bertz CT molecular complexity index is 792. The van der Waals surface area contributed by atoms with Crippen molar-refractivity contribution in [3.63, 3.8) is 0 Å². The number of rotatable bonds is 3. The van der Waals surface area contributed by atoms with E-state index in [1.807, 2.05) is 24.4 Å². The van der Waals surface area contributed by atoms with E-state index in [9.17, 15) is 5.11 Å². The molecule has 3 nitrogen and oxygen atoms in total. The van der Waals surface area contributed by atoms with Crippen LogP contribution in [0.2, 0.25) is 0 Å². The number of fused-ring (bicyclic) bond motifs is 1. The van der Waals surface area contributed by atoms with Gasteiger partial charge in [0.1, 0.15) is 0 Å². The van der Waals surface area contributed by atoms with Crippen LogP contribution in [0.3, 0.4) is 0 Å². The molecule has 1 aliphatic heterocycles. The first kappa shape index (κ1) is 16.3. The van der Waals surface area contributed by atoms with Gasteiger partial charge < -0.3 is 10.0 Å². The van der Waals surface area contributed by atoms with Crippen LogP contribution in [-0.4, -0.2) is 23.2 Å². The van der Waals surface area contributed by atoms with E-state index in [0.717, 1.165) is 29.9 Å². The van der Waals surface area contributed by atoms with Crippen molar-refractivity contribution in [2.24, 2.45) is 0 Å². The first-order valence-corrected chi connectivity index (χ1v) is 9.35. The zero-order valence-corrected chi connectivity index (χ0v) is 14.9. The van der Waals surface area contributed by atoms with E-state index in [1.54, 1.807) is 0 Å². The summed E-state index contributed by atoms with van der Waals surface area (Å²) in [7, 11) is 0. The number of piperidine rings is 1. The van der Waals surface area contributed by atoms with Crippen molar-refractivity contribution in [3.8, 4) is 0 Å². The Balaban J connectivity index is 1.64. The zero-order chi connectivity index (χ0) is 17.3. The highest BCUT2D eigenvalue weighted by Crippen LogP contribution is 2.36. The number of hydrogen-bond acceptors (Lipinski definition) is 3. The predicted octanol–water partition coefficient (Wildman–Crippen LogP) is 4.23. The van der Waals surface area contributed by atoms with Crippen molar-refractivity contribution >= 4 is 11.8 Å². The van der Waals surface area contributed by atoms with Gasteiger partial charge in [0.2, 0.25) is 0 Å². The first-order chi connectivity index (χ1) is 12.2. The lowest BCUT2D eigenvalue weighted by atomic mass is 9.80. The van der Waals surface area contributed by atoms with Crippen molar-refractivity contribution in [1.29, 1.82) is 0 Å². The summed E-state index contributed by atoms with van der Waals surface area (Å²) in [6.07, 6.45) is 11.2. The molecule has 1 aromatic heterocycles. The van der Waals surface area contributed by atoms with Crippen molar-refractivity contribution < 1.29 is 5.11 Å². The van der Waals surface area contributed by atoms with E-state index in [1.165, 1.54) is 30.5 Å². The Labute approximate surface area is 150 Å². The molecule has 130 valence electrons. The number of aliphatic hydroxyl groups is 1. The first-order valence-electron chi connectivity index (χ1n) is 9.35. The molecule has 4 rings (SSSR count). The van der Waals surface area contributed by atoms with E-state index in [0.29, 0.717) is 12.8 Å². The predicted molar refractivity (Wildman–Crippen MR) is 103 cm³/mol.